The number of rotatable bonds is 7. The van der Waals surface area contributed by atoms with E-state index in [1.165, 1.54) is 6.92 Å². The van der Waals surface area contributed by atoms with E-state index in [1.807, 2.05) is 44.2 Å². The number of carbonyl (C=O) groups is 1. The smallest absolute Gasteiger partial charge is 0.221 e. The van der Waals surface area contributed by atoms with Crippen molar-refractivity contribution in [1.82, 2.24) is 0 Å². The minimum absolute atomic E-state index is 0.0827. The third-order valence-corrected chi connectivity index (χ3v) is 4.21. The average Bonchev–Trinajstić information content (AvgIpc) is 2.55. The predicted octanol–water partition coefficient (Wildman–Crippen LogP) is 4.74. The van der Waals surface area contributed by atoms with Crippen LogP contribution in [-0.4, -0.2) is 19.6 Å². The van der Waals surface area contributed by atoms with Crippen molar-refractivity contribution in [3.8, 4) is 11.5 Å². The van der Waals surface area contributed by atoms with E-state index in [0.29, 0.717) is 24.7 Å². The molecule has 0 aliphatic heterocycles. The van der Waals surface area contributed by atoms with E-state index >= 15 is 0 Å². The van der Waals surface area contributed by atoms with Crippen LogP contribution in [0.25, 0.3) is 0 Å². The summed E-state index contributed by atoms with van der Waals surface area (Å²) >= 11 is 3.52. The van der Waals surface area contributed by atoms with Crippen molar-refractivity contribution in [1.29, 1.82) is 0 Å². The molecule has 134 valence electrons. The molecule has 0 aliphatic carbocycles. The van der Waals surface area contributed by atoms with Crippen molar-refractivity contribution in [2.45, 2.75) is 27.3 Å². The van der Waals surface area contributed by atoms with E-state index in [2.05, 4.69) is 26.6 Å². The summed E-state index contributed by atoms with van der Waals surface area (Å²) in [5, 5.41) is 6.21. The van der Waals surface area contributed by atoms with Gasteiger partial charge in [0.2, 0.25) is 5.91 Å². The third-order valence-electron chi connectivity index (χ3n) is 3.62. The molecule has 2 aromatic rings. The maximum atomic E-state index is 11.3. The SMILES string of the molecule is CCOc1cc(CNc2ccc(C)c(NC(C)=O)c2)cc(Br)c1OC. The van der Waals surface area contributed by atoms with Crippen LogP contribution < -0.4 is 20.1 Å². The number of benzene rings is 2. The summed E-state index contributed by atoms with van der Waals surface area (Å²) in [5.41, 5.74) is 3.81. The Morgan fingerprint density at radius 3 is 2.64 bits per heavy atom. The van der Waals surface area contributed by atoms with Crippen molar-refractivity contribution in [3.05, 3.63) is 45.9 Å². The zero-order valence-electron chi connectivity index (χ0n) is 14.9. The average molecular weight is 407 g/mol. The number of anilines is 2. The topological polar surface area (TPSA) is 59.6 Å². The lowest BCUT2D eigenvalue weighted by Gasteiger charge is -2.15. The Morgan fingerprint density at radius 1 is 1.24 bits per heavy atom. The minimum Gasteiger partial charge on any atom is -0.492 e. The van der Waals surface area contributed by atoms with E-state index in [4.69, 9.17) is 9.47 Å². The highest BCUT2D eigenvalue weighted by molar-refractivity contribution is 9.10. The Hall–Kier alpha value is -2.21. The van der Waals surface area contributed by atoms with Gasteiger partial charge >= 0.3 is 0 Å². The van der Waals surface area contributed by atoms with Gasteiger partial charge in [-0.05, 0) is 65.2 Å². The molecule has 6 heteroatoms. The van der Waals surface area contributed by atoms with Crippen LogP contribution in [0, 0.1) is 6.92 Å². The standard InChI is InChI=1S/C19H23BrN2O3/c1-5-25-18-9-14(8-16(20)19(18)24-4)11-21-15-7-6-12(2)17(10-15)22-13(3)23/h6-10,21H,5,11H2,1-4H3,(H,22,23). The molecular formula is C19H23BrN2O3. The number of hydrogen-bond acceptors (Lipinski definition) is 4. The van der Waals surface area contributed by atoms with Crippen molar-refractivity contribution >= 4 is 33.2 Å². The monoisotopic (exact) mass is 406 g/mol. The summed E-state index contributed by atoms with van der Waals surface area (Å²) in [6.07, 6.45) is 0. The largest absolute Gasteiger partial charge is 0.492 e. The van der Waals surface area contributed by atoms with E-state index in [9.17, 15) is 4.79 Å². The first kappa shape index (κ1) is 19.1. The normalized spacial score (nSPS) is 10.3. The highest BCUT2D eigenvalue weighted by atomic mass is 79.9. The van der Waals surface area contributed by atoms with Crippen LogP contribution in [0.1, 0.15) is 25.0 Å². The van der Waals surface area contributed by atoms with E-state index in [0.717, 1.165) is 27.0 Å². The molecule has 2 rings (SSSR count). The maximum absolute atomic E-state index is 11.3. The van der Waals surface area contributed by atoms with Crippen molar-refractivity contribution in [2.24, 2.45) is 0 Å². The number of aryl methyl sites for hydroxylation is 1. The van der Waals surface area contributed by atoms with Gasteiger partial charge in [-0.15, -0.1) is 0 Å². The van der Waals surface area contributed by atoms with Crippen LogP contribution in [0.3, 0.4) is 0 Å². The Balaban J connectivity index is 2.17. The van der Waals surface area contributed by atoms with Crippen molar-refractivity contribution in [2.75, 3.05) is 24.4 Å². The highest BCUT2D eigenvalue weighted by Gasteiger charge is 2.11. The number of methoxy groups -OCH3 is 1. The quantitative estimate of drug-likeness (QED) is 0.697. The molecule has 0 aliphatic rings. The fraction of sp³-hybridized carbons (Fsp3) is 0.316. The second-order valence-corrected chi connectivity index (χ2v) is 6.46. The summed E-state index contributed by atoms with van der Waals surface area (Å²) in [7, 11) is 1.62. The molecule has 0 bridgehead atoms. The molecule has 0 atom stereocenters. The molecule has 25 heavy (non-hydrogen) atoms. The minimum atomic E-state index is -0.0827. The van der Waals surface area contributed by atoms with E-state index in [1.54, 1.807) is 7.11 Å². The fourth-order valence-corrected chi connectivity index (χ4v) is 3.10. The van der Waals surface area contributed by atoms with Gasteiger partial charge in [-0.25, -0.2) is 0 Å². The fourth-order valence-electron chi connectivity index (χ4n) is 2.44. The second kappa shape index (κ2) is 8.76. The number of amides is 1. The maximum Gasteiger partial charge on any atom is 0.221 e. The molecule has 0 radical (unpaired) electrons. The van der Waals surface area contributed by atoms with Gasteiger partial charge in [-0.1, -0.05) is 6.07 Å². The lowest BCUT2D eigenvalue weighted by atomic mass is 10.1. The zero-order chi connectivity index (χ0) is 18.4. The summed E-state index contributed by atoms with van der Waals surface area (Å²) < 4.78 is 11.9. The van der Waals surface area contributed by atoms with Gasteiger partial charge in [0.05, 0.1) is 18.2 Å². The number of hydrogen-bond donors (Lipinski definition) is 2. The lowest BCUT2D eigenvalue weighted by molar-refractivity contribution is -0.114. The molecule has 2 N–H and O–H groups in total. The summed E-state index contributed by atoms with van der Waals surface area (Å²) in [5.74, 6) is 1.31. The number of nitrogens with one attached hydrogen (secondary N) is 2. The molecule has 1 amide bonds. The number of halogens is 1. The molecule has 0 spiro atoms. The highest BCUT2D eigenvalue weighted by Crippen LogP contribution is 2.36. The van der Waals surface area contributed by atoms with Gasteiger partial charge in [-0.3, -0.25) is 4.79 Å². The second-order valence-electron chi connectivity index (χ2n) is 5.61. The van der Waals surface area contributed by atoms with Crippen molar-refractivity contribution in [3.63, 3.8) is 0 Å². The molecule has 0 heterocycles. The zero-order valence-corrected chi connectivity index (χ0v) is 16.5. The molecule has 0 unspecified atom stereocenters. The summed E-state index contributed by atoms with van der Waals surface area (Å²) in [6.45, 7) is 6.59. The van der Waals surface area contributed by atoms with Gasteiger partial charge in [-0.2, -0.15) is 0 Å². The van der Waals surface area contributed by atoms with Crippen LogP contribution in [0.15, 0.2) is 34.8 Å². The van der Waals surface area contributed by atoms with Gasteiger partial charge in [0.25, 0.3) is 0 Å². The van der Waals surface area contributed by atoms with Gasteiger partial charge in [0.15, 0.2) is 11.5 Å². The van der Waals surface area contributed by atoms with Gasteiger partial charge in [0.1, 0.15) is 0 Å². The molecule has 5 nitrogen and oxygen atoms in total. The first-order chi connectivity index (χ1) is 11.9. The predicted molar refractivity (Wildman–Crippen MR) is 105 cm³/mol. The van der Waals surface area contributed by atoms with Crippen LogP contribution in [0.2, 0.25) is 0 Å². The Labute approximate surface area is 156 Å². The Kier molecular flexibility index (Phi) is 6.70. The summed E-state index contributed by atoms with van der Waals surface area (Å²) in [4.78, 5) is 11.3. The molecule has 2 aromatic carbocycles. The lowest BCUT2D eigenvalue weighted by Crippen LogP contribution is -2.08. The first-order valence-electron chi connectivity index (χ1n) is 8.06. The van der Waals surface area contributed by atoms with Crippen LogP contribution in [0.4, 0.5) is 11.4 Å². The van der Waals surface area contributed by atoms with Crippen LogP contribution in [0.5, 0.6) is 11.5 Å². The Morgan fingerprint density at radius 2 is 2.00 bits per heavy atom. The molecule has 0 aromatic heterocycles. The first-order valence-corrected chi connectivity index (χ1v) is 8.85. The Bertz CT molecular complexity index is 763. The molecule has 0 saturated carbocycles. The molecule has 0 fully saturated rings. The third kappa shape index (κ3) is 5.13. The van der Waals surface area contributed by atoms with Crippen LogP contribution in [-0.2, 0) is 11.3 Å². The van der Waals surface area contributed by atoms with Gasteiger partial charge in [0, 0.05) is 24.8 Å². The number of ether oxygens (including phenoxy) is 2. The van der Waals surface area contributed by atoms with Crippen molar-refractivity contribution < 1.29 is 14.3 Å². The van der Waals surface area contributed by atoms with E-state index < -0.39 is 0 Å². The number of carbonyl (C=O) groups excluding carboxylic acids is 1. The molecular weight excluding hydrogens is 384 g/mol. The van der Waals surface area contributed by atoms with Crippen LogP contribution >= 0.6 is 15.9 Å². The van der Waals surface area contributed by atoms with E-state index in [-0.39, 0.29) is 5.91 Å². The summed E-state index contributed by atoms with van der Waals surface area (Å²) in [6, 6.07) is 9.85. The van der Waals surface area contributed by atoms with Gasteiger partial charge < -0.3 is 20.1 Å². The molecule has 0 saturated heterocycles.